The lowest BCUT2D eigenvalue weighted by Gasteiger charge is -2.48. The first-order valence-electron chi connectivity index (χ1n) is 6.96. The van der Waals surface area contributed by atoms with E-state index in [4.69, 9.17) is 4.74 Å². The minimum Gasteiger partial charge on any atom is -0.375 e. The molecule has 1 aromatic heterocycles. The van der Waals surface area contributed by atoms with Gasteiger partial charge in [-0.15, -0.1) is 11.3 Å². The van der Waals surface area contributed by atoms with E-state index in [1.165, 1.54) is 37.0 Å². The van der Waals surface area contributed by atoms with Crippen LogP contribution in [0.4, 0.5) is 0 Å². The lowest BCUT2D eigenvalue weighted by molar-refractivity contribution is -0.147. The number of hydrogen-bond donors (Lipinski definition) is 1. The van der Waals surface area contributed by atoms with Gasteiger partial charge >= 0.3 is 0 Å². The second-order valence-corrected chi connectivity index (χ2v) is 6.95. The van der Waals surface area contributed by atoms with Crippen LogP contribution in [0, 0.1) is 12.8 Å². The second kappa shape index (κ2) is 4.91. The molecule has 100 valence electrons. The van der Waals surface area contributed by atoms with Crippen molar-refractivity contribution in [3.8, 4) is 0 Å². The Morgan fingerprint density at radius 3 is 2.94 bits per heavy atom. The largest absolute Gasteiger partial charge is 0.375 e. The second-order valence-electron chi connectivity index (χ2n) is 5.69. The molecule has 0 amide bonds. The molecule has 1 aliphatic carbocycles. The standard InChI is InChI=1S/C14H22N2OS/c1-10-16-9-12(18-10)13(15-2)11-4-7-17-14(8-11)5-3-6-14/h9,11,13,15H,3-8H2,1-2H3. The quantitative estimate of drug-likeness (QED) is 0.913. The van der Waals surface area contributed by atoms with Gasteiger partial charge in [-0.25, -0.2) is 4.98 Å². The van der Waals surface area contributed by atoms with Gasteiger partial charge in [0.2, 0.25) is 0 Å². The molecule has 3 rings (SSSR count). The number of nitrogens with zero attached hydrogens (tertiary/aromatic N) is 1. The van der Waals surface area contributed by atoms with Crippen molar-refractivity contribution in [3.63, 3.8) is 0 Å². The van der Waals surface area contributed by atoms with Crippen molar-refractivity contribution in [1.29, 1.82) is 0 Å². The molecule has 1 saturated carbocycles. The minimum atomic E-state index is 0.234. The maximum atomic E-state index is 6.03. The van der Waals surface area contributed by atoms with Crippen LogP contribution in [0.25, 0.3) is 0 Å². The van der Waals surface area contributed by atoms with Crippen molar-refractivity contribution in [2.75, 3.05) is 13.7 Å². The monoisotopic (exact) mass is 266 g/mol. The van der Waals surface area contributed by atoms with Gasteiger partial charge in [0.15, 0.2) is 0 Å². The summed E-state index contributed by atoms with van der Waals surface area (Å²) >= 11 is 1.83. The molecule has 2 atom stereocenters. The third-order valence-electron chi connectivity index (χ3n) is 4.52. The van der Waals surface area contributed by atoms with Crippen molar-refractivity contribution in [2.24, 2.45) is 5.92 Å². The van der Waals surface area contributed by atoms with Gasteiger partial charge in [-0.1, -0.05) is 0 Å². The Morgan fingerprint density at radius 2 is 2.39 bits per heavy atom. The van der Waals surface area contributed by atoms with Gasteiger partial charge in [-0.3, -0.25) is 0 Å². The zero-order valence-corrected chi connectivity index (χ0v) is 12.1. The molecule has 4 heteroatoms. The molecule has 0 radical (unpaired) electrons. The first kappa shape index (κ1) is 12.6. The summed E-state index contributed by atoms with van der Waals surface area (Å²) in [4.78, 5) is 5.78. The molecular weight excluding hydrogens is 244 g/mol. The van der Waals surface area contributed by atoms with Gasteiger partial charge < -0.3 is 10.1 Å². The molecule has 0 bridgehead atoms. The summed E-state index contributed by atoms with van der Waals surface area (Å²) in [5.41, 5.74) is 0.234. The van der Waals surface area contributed by atoms with Gasteiger partial charge in [-0.05, 0) is 52.0 Å². The molecule has 2 heterocycles. The predicted octanol–water partition coefficient (Wildman–Crippen LogP) is 3.06. The fourth-order valence-electron chi connectivity index (χ4n) is 3.40. The van der Waals surface area contributed by atoms with Crippen LogP contribution < -0.4 is 5.32 Å². The van der Waals surface area contributed by atoms with Gasteiger partial charge in [0, 0.05) is 23.7 Å². The Bertz CT molecular complexity index is 414. The topological polar surface area (TPSA) is 34.2 Å². The number of aryl methyl sites for hydroxylation is 1. The van der Waals surface area contributed by atoms with E-state index in [1.807, 2.05) is 17.5 Å². The molecule has 1 aromatic rings. The Balaban J connectivity index is 1.75. The Kier molecular flexibility index (Phi) is 3.43. The van der Waals surface area contributed by atoms with E-state index >= 15 is 0 Å². The summed E-state index contributed by atoms with van der Waals surface area (Å²) in [6.45, 7) is 3.01. The van der Waals surface area contributed by atoms with Crippen molar-refractivity contribution in [3.05, 3.63) is 16.1 Å². The number of aromatic nitrogens is 1. The van der Waals surface area contributed by atoms with E-state index in [0.29, 0.717) is 12.0 Å². The van der Waals surface area contributed by atoms with Crippen LogP contribution in [0.3, 0.4) is 0 Å². The number of nitrogens with one attached hydrogen (secondary N) is 1. The number of thiazole rings is 1. The van der Waals surface area contributed by atoms with Crippen molar-refractivity contribution < 1.29 is 4.74 Å². The third kappa shape index (κ3) is 2.22. The summed E-state index contributed by atoms with van der Waals surface area (Å²) in [6, 6.07) is 0.456. The summed E-state index contributed by atoms with van der Waals surface area (Å²) < 4.78 is 6.03. The zero-order valence-electron chi connectivity index (χ0n) is 11.2. The molecule has 1 spiro atoms. The molecule has 0 aromatic carbocycles. The van der Waals surface area contributed by atoms with E-state index in [0.717, 1.165) is 11.6 Å². The molecule has 2 aliphatic rings. The molecule has 1 aliphatic heterocycles. The molecule has 1 N–H and O–H groups in total. The maximum absolute atomic E-state index is 6.03. The van der Waals surface area contributed by atoms with Gasteiger partial charge in [0.05, 0.1) is 10.6 Å². The lowest BCUT2D eigenvalue weighted by Crippen LogP contribution is -2.47. The lowest BCUT2D eigenvalue weighted by atomic mass is 9.70. The third-order valence-corrected chi connectivity index (χ3v) is 5.52. The highest BCUT2D eigenvalue weighted by Gasteiger charge is 2.44. The molecule has 3 nitrogen and oxygen atoms in total. The molecule has 2 fully saturated rings. The van der Waals surface area contributed by atoms with Crippen LogP contribution in [-0.2, 0) is 4.74 Å². The van der Waals surface area contributed by atoms with Crippen molar-refractivity contribution in [2.45, 2.75) is 50.7 Å². The minimum absolute atomic E-state index is 0.234. The van der Waals surface area contributed by atoms with Crippen molar-refractivity contribution in [1.82, 2.24) is 10.3 Å². The normalized spacial score (nSPS) is 28.0. The van der Waals surface area contributed by atoms with Crippen LogP contribution in [0.2, 0.25) is 0 Å². The van der Waals surface area contributed by atoms with Gasteiger partial charge in [0.25, 0.3) is 0 Å². The zero-order chi connectivity index (χ0) is 12.6. The smallest absolute Gasteiger partial charge is 0.0897 e. The predicted molar refractivity (Wildman–Crippen MR) is 73.9 cm³/mol. The van der Waals surface area contributed by atoms with E-state index in [2.05, 4.69) is 24.3 Å². The first-order valence-corrected chi connectivity index (χ1v) is 7.78. The number of ether oxygens (including phenoxy) is 1. The highest BCUT2D eigenvalue weighted by atomic mass is 32.1. The Hall–Kier alpha value is -0.450. The fraction of sp³-hybridized carbons (Fsp3) is 0.786. The van der Waals surface area contributed by atoms with E-state index in [-0.39, 0.29) is 5.60 Å². The maximum Gasteiger partial charge on any atom is 0.0897 e. The van der Waals surface area contributed by atoms with Crippen molar-refractivity contribution >= 4 is 11.3 Å². The van der Waals surface area contributed by atoms with E-state index in [9.17, 15) is 0 Å². The SMILES string of the molecule is CNC(c1cnc(C)s1)C1CCOC2(CCC2)C1. The Morgan fingerprint density at radius 1 is 1.56 bits per heavy atom. The average molecular weight is 266 g/mol. The van der Waals surface area contributed by atoms with Gasteiger partial charge in [-0.2, -0.15) is 0 Å². The summed E-state index contributed by atoms with van der Waals surface area (Å²) in [5, 5.41) is 4.66. The highest BCUT2D eigenvalue weighted by molar-refractivity contribution is 7.11. The van der Waals surface area contributed by atoms with Gasteiger partial charge in [0.1, 0.15) is 0 Å². The number of rotatable bonds is 3. The summed E-state index contributed by atoms with van der Waals surface area (Å²) in [5.74, 6) is 0.698. The van der Waals surface area contributed by atoms with Crippen LogP contribution in [0.5, 0.6) is 0 Å². The first-order chi connectivity index (χ1) is 8.72. The summed E-state index contributed by atoms with van der Waals surface area (Å²) in [7, 11) is 2.07. The Labute approximate surface area is 113 Å². The van der Waals surface area contributed by atoms with Crippen LogP contribution in [0.1, 0.15) is 48.0 Å². The van der Waals surface area contributed by atoms with E-state index in [1.54, 1.807) is 0 Å². The van der Waals surface area contributed by atoms with Crippen LogP contribution >= 0.6 is 11.3 Å². The summed E-state index contributed by atoms with van der Waals surface area (Å²) in [6.07, 6.45) is 8.31. The molecule has 1 saturated heterocycles. The molecule has 2 unspecified atom stereocenters. The molecular formula is C14H22N2OS. The molecule has 18 heavy (non-hydrogen) atoms. The average Bonchev–Trinajstić information content (AvgIpc) is 2.75. The van der Waals surface area contributed by atoms with Crippen LogP contribution in [0.15, 0.2) is 6.20 Å². The van der Waals surface area contributed by atoms with E-state index < -0.39 is 0 Å². The fourth-order valence-corrected chi connectivity index (χ4v) is 4.39. The highest BCUT2D eigenvalue weighted by Crippen LogP contribution is 2.47. The van der Waals surface area contributed by atoms with Crippen LogP contribution in [-0.4, -0.2) is 24.2 Å². The number of hydrogen-bond acceptors (Lipinski definition) is 4.